The van der Waals surface area contributed by atoms with Crippen LogP contribution < -0.4 is 4.74 Å². The molecule has 0 fully saturated rings. The quantitative estimate of drug-likeness (QED) is 0.753. The highest BCUT2D eigenvalue weighted by atomic mass is 32.1. The molecule has 2 atom stereocenters. The summed E-state index contributed by atoms with van der Waals surface area (Å²) in [6.45, 7) is 10.1. The molecule has 0 saturated carbocycles. The summed E-state index contributed by atoms with van der Waals surface area (Å²) in [6, 6.07) is 6.68. The van der Waals surface area contributed by atoms with Gasteiger partial charge >= 0.3 is 0 Å². The molecule has 0 radical (unpaired) electrons. The summed E-state index contributed by atoms with van der Waals surface area (Å²) in [6.07, 6.45) is 4.31. The number of rotatable bonds is 3. The van der Waals surface area contributed by atoms with E-state index in [2.05, 4.69) is 50.9 Å². The summed E-state index contributed by atoms with van der Waals surface area (Å²) in [5, 5.41) is 0. The fraction of sp³-hybridized carbons (Fsp3) is 0.526. The van der Waals surface area contributed by atoms with Crippen molar-refractivity contribution in [1.29, 1.82) is 0 Å². The zero-order valence-corrected chi connectivity index (χ0v) is 14.7. The maximum Gasteiger partial charge on any atom is 0.124 e. The Morgan fingerprint density at radius 1 is 1.32 bits per heavy atom. The van der Waals surface area contributed by atoms with Gasteiger partial charge in [-0.1, -0.05) is 33.8 Å². The van der Waals surface area contributed by atoms with Crippen LogP contribution in [0.3, 0.4) is 0 Å². The van der Waals surface area contributed by atoms with Crippen LogP contribution in [0, 0.1) is 11.3 Å². The van der Waals surface area contributed by atoms with Gasteiger partial charge in [0.05, 0.1) is 10.4 Å². The average molecular weight is 315 g/mol. The molecule has 3 rings (SSSR count). The third kappa shape index (κ3) is 3.19. The topological polar surface area (TPSA) is 22.1 Å². The third-order valence-corrected chi connectivity index (χ3v) is 5.44. The Hall–Kier alpha value is -1.35. The number of hydrogen-bond donors (Lipinski definition) is 0. The van der Waals surface area contributed by atoms with Crippen LogP contribution >= 0.6 is 11.3 Å². The van der Waals surface area contributed by atoms with Gasteiger partial charge in [0.1, 0.15) is 12.4 Å². The molecule has 22 heavy (non-hydrogen) atoms. The lowest BCUT2D eigenvalue weighted by Gasteiger charge is -2.40. The largest absolute Gasteiger partial charge is 0.488 e. The minimum atomic E-state index is 0.305. The molecular weight excluding hydrogens is 290 g/mol. The van der Waals surface area contributed by atoms with E-state index in [1.54, 1.807) is 11.3 Å². The van der Waals surface area contributed by atoms with Gasteiger partial charge in [-0.2, -0.15) is 0 Å². The summed E-state index contributed by atoms with van der Waals surface area (Å²) in [5.74, 6) is 2.36. The smallest absolute Gasteiger partial charge is 0.124 e. The first-order valence-corrected chi connectivity index (χ1v) is 8.96. The van der Waals surface area contributed by atoms with E-state index in [0.29, 0.717) is 17.9 Å². The molecule has 0 N–H and O–H groups in total. The normalized spacial score (nSPS) is 21.5. The molecule has 2 aromatic rings. The van der Waals surface area contributed by atoms with Crippen LogP contribution in [-0.4, -0.2) is 4.98 Å². The maximum absolute atomic E-state index is 5.93. The number of hydrogen-bond acceptors (Lipinski definition) is 3. The van der Waals surface area contributed by atoms with Crippen molar-refractivity contribution in [1.82, 2.24) is 4.98 Å². The van der Waals surface area contributed by atoms with Crippen molar-refractivity contribution in [3.8, 4) is 5.75 Å². The van der Waals surface area contributed by atoms with Crippen molar-refractivity contribution in [2.75, 3.05) is 0 Å². The number of aromatic nitrogens is 1. The number of benzene rings is 1. The summed E-state index contributed by atoms with van der Waals surface area (Å²) in [5.41, 5.74) is 5.15. The molecule has 0 amide bonds. The molecule has 0 bridgehead atoms. The second kappa shape index (κ2) is 6.04. The molecule has 2 unspecified atom stereocenters. The molecule has 1 aromatic carbocycles. The summed E-state index contributed by atoms with van der Waals surface area (Å²) in [4.78, 5) is 5.25. The Labute approximate surface area is 137 Å². The van der Waals surface area contributed by atoms with Gasteiger partial charge in [-0.15, -0.1) is 11.3 Å². The van der Waals surface area contributed by atoms with Gasteiger partial charge in [-0.3, -0.25) is 4.98 Å². The average Bonchev–Trinajstić information content (AvgIpc) is 2.96. The van der Waals surface area contributed by atoms with Crippen molar-refractivity contribution < 1.29 is 4.74 Å². The first kappa shape index (κ1) is 15.5. The van der Waals surface area contributed by atoms with Gasteiger partial charge in [-0.25, -0.2) is 0 Å². The van der Waals surface area contributed by atoms with Gasteiger partial charge < -0.3 is 4.74 Å². The van der Waals surface area contributed by atoms with E-state index in [-0.39, 0.29) is 0 Å². The molecule has 118 valence electrons. The van der Waals surface area contributed by atoms with Crippen LogP contribution in [0.2, 0.25) is 0 Å². The molecule has 1 aromatic heterocycles. The standard InChI is InChI=1S/C19H25NOS/c1-13-5-6-14-9-15(21-11-16-10-20-12-22-16)7-8-17(14)18(13)19(2,3)4/h7-10,12-13,18H,5-6,11H2,1-4H3. The van der Waals surface area contributed by atoms with E-state index < -0.39 is 0 Å². The lowest BCUT2D eigenvalue weighted by atomic mass is 9.64. The van der Waals surface area contributed by atoms with Crippen LogP contribution in [0.5, 0.6) is 5.75 Å². The molecule has 3 heteroatoms. The van der Waals surface area contributed by atoms with Crippen LogP contribution in [0.25, 0.3) is 0 Å². The molecule has 0 aliphatic heterocycles. The predicted molar refractivity (Wildman–Crippen MR) is 92.6 cm³/mol. The van der Waals surface area contributed by atoms with Crippen LogP contribution in [0.15, 0.2) is 29.9 Å². The first-order chi connectivity index (χ1) is 10.4. The second-order valence-corrected chi connectivity index (χ2v) is 8.45. The van der Waals surface area contributed by atoms with Gasteiger partial charge in [0, 0.05) is 6.20 Å². The monoisotopic (exact) mass is 315 g/mol. The van der Waals surface area contributed by atoms with Crippen LogP contribution in [0.4, 0.5) is 0 Å². The van der Waals surface area contributed by atoms with E-state index in [0.717, 1.165) is 11.7 Å². The lowest BCUT2D eigenvalue weighted by molar-refractivity contribution is 0.224. The minimum absolute atomic E-state index is 0.305. The highest BCUT2D eigenvalue weighted by Gasteiger charge is 2.35. The van der Waals surface area contributed by atoms with Gasteiger partial charge in [0.15, 0.2) is 0 Å². The fourth-order valence-corrected chi connectivity index (χ4v) is 4.34. The number of ether oxygens (including phenoxy) is 1. The van der Waals surface area contributed by atoms with Crippen molar-refractivity contribution in [2.24, 2.45) is 11.3 Å². The molecule has 0 saturated heterocycles. The van der Waals surface area contributed by atoms with Crippen molar-refractivity contribution >= 4 is 11.3 Å². The molecule has 0 spiro atoms. The lowest BCUT2D eigenvalue weighted by Crippen LogP contribution is -2.29. The third-order valence-electron chi connectivity index (χ3n) is 4.69. The Morgan fingerprint density at radius 2 is 2.14 bits per heavy atom. The second-order valence-electron chi connectivity index (χ2n) is 7.48. The van der Waals surface area contributed by atoms with Crippen molar-refractivity contribution in [3.05, 3.63) is 45.9 Å². The van der Waals surface area contributed by atoms with E-state index in [9.17, 15) is 0 Å². The van der Waals surface area contributed by atoms with E-state index >= 15 is 0 Å². The SMILES string of the molecule is CC1CCc2cc(OCc3cncs3)ccc2C1C(C)(C)C. The molecule has 2 nitrogen and oxygen atoms in total. The van der Waals surface area contributed by atoms with Gasteiger partial charge in [-0.05, 0) is 53.4 Å². The summed E-state index contributed by atoms with van der Waals surface area (Å²) >= 11 is 1.64. The maximum atomic E-state index is 5.93. The summed E-state index contributed by atoms with van der Waals surface area (Å²) < 4.78 is 5.93. The summed E-state index contributed by atoms with van der Waals surface area (Å²) in [7, 11) is 0. The molecule has 1 aliphatic carbocycles. The number of fused-ring (bicyclic) bond motifs is 1. The zero-order chi connectivity index (χ0) is 15.7. The van der Waals surface area contributed by atoms with Gasteiger partial charge in [0.25, 0.3) is 0 Å². The van der Waals surface area contributed by atoms with Crippen LogP contribution in [0.1, 0.15) is 56.0 Å². The van der Waals surface area contributed by atoms with E-state index in [1.165, 1.54) is 28.8 Å². The molecule has 1 aliphatic rings. The fourth-order valence-electron chi connectivity index (χ4n) is 3.84. The van der Waals surface area contributed by atoms with E-state index in [4.69, 9.17) is 4.74 Å². The Morgan fingerprint density at radius 3 is 2.82 bits per heavy atom. The first-order valence-electron chi connectivity index (χ1n) is 8.08. The number of aryl methyl sites for hydroxylation is 1. The van der Waals surface area contributed by atoms with Crippen molar-refractivity contribution in [3.63, 3.8) is 0 Å². The number of nitrogens with zero attached hydrogens (tertiary/aromatic N) is 1. The highest BCUT2D eigenvalue weighted by Crippen LogP contribution is 2.47. The van der Waals surface area contributed by atoms with Gasteiger partial charge in [0.2, 0.25) is 0 Å². The minimum Gasteiger partial charge on any atom is -0.488 e. The molecular formula is C19H25NOS. The van der Waals surface area contributed by atoms with Crippen LogP contribution in [-0.2, 0) is 13.0 Å². The highest BCUT2D eigenvalue weighted by molar-refractivity contribution is 7.09. The van der Waals surface area contributed by atoms with E-state index in [1.807, 2.05) is 11.7 Å². The number of thiazole rings is 1. The molecule has 1 heterocycles. The Kier molecular flexibility index (Phi) is 4.26. The Bertz CT molecular complexity index is 627. The predicted octanol–water partition coefficient (Wildman–Crippen LogP) is 5.43. The Balaban J connectivity index is 1.81. The zero-order valence-electron chi connectivity index (χ0n) is 13.9. The van der Waals surface area contributed by atoms with Crippen molar-refractivity contribution in [2.45, 2.75) is 53.1 Å².